The molecule has 1 saturated heterocycles. The number of hydrogen-bond donors (Lipinski definition) is 2. The maximum atomic E-state index is 13.2. The van der Waals surface area contributed by atoms with E-state index in [2.05, 4.69) is 42.2 Å². The molecule has 6 nitrogen and oxygen atoms in total. The minimum absolute atomic E-state index is 0.173. The summed E-state index contributed by atoms with van der Waals surface area (Å²) in [4.78, 5) is 19.3. The Kier molecular flexibility index (Phi) is 7.11. The Labute approximate surface area is 222 Å². The van der Waals surface area contributed by atoms with Crippen molar-refractivity contribution in [3.05, 3.63) is 113 Å². The first-order valence-electron chi connectivity index (χ1n) is 11.5. The SMILES string of the molecule is O=C(CCN1C(=S)N[C@@H](c2ccccn2)[C@@H]1c1cccn1-c1ccc(Br)cc1)Nc1ccc(F)cc1. The average molecular weight is 564 g/mol. The van der Waals surface area contributed by atoms with Crippen molar-refractivity contribution in [2.24, 2.45) is 0 Å². The van der Waals surface area contributed by atoms with Gasteiger partial charge in [0.15, 0.2) is 5.11 Å². The minimum atomic E-state index is -0.348. The fourth-order valence-corrected chi connectivity index (χ4v) is 5.01. The van der Waals surface area contributed by atoms with Gasteiger partial charge in [-0.1, -0.05) is 22.0 Å². The molecule has 1 fully saturated rings. The second-order valence-corrected chi connectivity index (χ2v) is 9.71. The van der Waals surface area contributed by atoms with Crippen LogP contribution in [0.3, 0.4) is 0 Å². The Balaban J connectivity index is 1.43. The van der Waals surface area contributed by atoms with Crippen molar-refractivity contribution in [3.8, 4) is 5.69 Å². The third-order valence-corrected chi connectivity index (χ3v) is 6.97. The van der Waals surface area contributed by atoms with Crippen molar-refractivity contribution in [1.29, 1.82) is 0 Å². The van der Waals surface area contributed by atoms with Crippen molar-refractivity contribution in [3.63, 3.8) is 0 Å². The van der Waals surface area contributed by atoms with Gasteiger partial charge in [-0.05, 0) is 85.0 Å². The third-order valence-electron chi connectivity index (χ3n) is 6.09. The van der Waals surface area contributed by atoms with Crippen LogP contribution < -0.4 is 10.6 Å². The average Bonchev–Trinajstić information content (AvgIpc) is 3.49. The van der Waals surface area contributed by atoms with Gasteiger partial charge in [0.2, 0.25) is 5.91 Å². The van der Waals surface area contributed by atoms with E-state index in [1.54, 1.807) is 18.3 Å². The lowest BCUT2D eigenvalue weighted by Crippen LogP contribution is -2.33. The smallest absolute Gasteiger partial charge is 0.226 e. The van der Waals surface area contributed by atoms with Crippen LogP contribution in [0, 0.1) is 5.82 Å². The Bertz CT molecular complexity index is 1360. The summed E-state index contributed by atoms with van der Waals surface area (Å²) in [5.41, 5.74) is 3.46. The zero-order valence-corrected chi connectivity index (χ0v) is 21.5. The van der Waals surface area contributed by atoms with Crippen molar-refractivity contribution in [2.75, 3.05) is 11.9 Å². The molecular weight excluding hydrogens is 541 g/mol. The molecule has 0 aliphatic carbocycles. The molecule has 4 aromatic rings. The number of thiocarbonyl (C=S) groups is 1. The first-order chi connectivity index (χ1) is 17.5. The lowest BCUT2D eigenvalue weighted by molar-refractivity contribution is -0.116. The van der Waals surface area contributed by atoms with Gasteiger partial charge in [0.1, 0.15) is 5.82 Å². The molecule has 0 saturated carbocycles. The van der Waals surface area contributed by atoms with E-state index in [1.165, 1.54) is 12.1 Å². The third kappa shape index (κ3) is 5.17. The number of benzene rings is 2. The quantitative estimate of drug-likeness (QED) is 0.279. The zero-order valence-electron chi connectivity index (χ0n) is 19.1. The molecule has 0 radical (unpaired) electrons. The first kappa shape index (κ1) is 24.1. The van der Waals surface area contributed by atoms with Crippen LogP contribution in [0.1, 0.15) is 29.9 Å². The molecule has 2 aromatic heterocycles. The van der Waals surface area contributed by atoms with Crippen molar-refractivity contribution in [1.82, 2.24) is 19.8 Å². The molecule has 1 aliphatic heterocycles. The highest BCUT2D eigenvalue weighted by atomic mass is 79.9. The van der Waals surface area contributed by atoms with Crippen molar-refractivity contribution >= 4 is 44.9 Å². The van der Waals surface area contributed by atoms with Crippen molar-refractivity contribution < 1.29 is 9.18 Å². The van der Waals surface area contributed by atoms with Crippen LogP contribution in [0.15, 0.2) is 95.7 Å². The van der Waals surface area contributed by atoms with Crippen LogP contribution in [0.5, 0.6) is 0 Å². The zero-order chi connectivity index (χ0) is 25.1. The molecule has 36 heavy (non-hydrogen) atoms. The highest BCUT2D eigenvalue weighted by Crippen LogP contribution is 2.39. The molecule has 1 aliphatic rings. The number of anilines is 1. The molecule has 5 rings (SSSR count). The summed E-state index contributed by atoms with van der Waals surface area (Å²) in [5.74, 6) is -0.522. The van der Waals surface area contributed by atoms with Crippen molar-refractivity contribution in [2.45, 2.75) is 18.5 Å². The molecule has 0 bridgehead atoms. The van der Waals surface area contributed by atoms with Gasteiger partial charge in [-0.3, -0.25) is 9.78 Å². The lowest BCUT2D eigenvalue weighted by atomic mass is 10.0. The number of carbonyl (C=O) groups is 1. The summed E-state index contributed by atoms with van der Waals surface area (Å²) in [6, 6.07) is 23.3. The van der Waals surface area contributed by atoms with E-state index >= 15 is 0 Å². The number of nitrogens with one attached hydrogen (secondary N) is 2. The maximum Gasteiger partial charge on any atom is 0.226 e. The molecular formula is C27H23BrFN5OS. The largest absolute Gasteiger partial charge is 0.352 e. The van der Waals surface area contributed by atoms with Crippen LogP contribution in [0.2, 0.25) is 0 Å². The topological polar surface area (TPSA) is 62.2 Å². The number of aromatic nitrogens is 2. The van der Waals surface area contributed by atoms with E-state index < -0.39 is 0 Å². The summed E-state index contributed by atoms with van der Waals surface area (Å²) in [7, 11) is 0. The normalized spacial score (nSPS) is 17.2. The van der Waals surface area contributed by atoms with Gasteiger partial charge in [0, 0.05) is 46.9 Å². The van der Waals surface area contributed by atoms with E-state index in [-0.39, 0.29) is 30.2 Å². The summed E-state index contributed by atoms with van der Waals surface area (Å²) in [6.07, 6.45) is 4.00. The van der Waals surface area contributed by atoms with Crippen LogP contribution >= 0.6 is 28.1 Å². The van der Waals surface area contributed by atoms with Gasteiger partial charge in [-0.25, -0.2) is 4.39 Å². The van der Waals surface area contributed by atoms with Gasteiger partial charge in [0.05, 0.1) is 17.8 Å². The second kappa shape index (κ2) is 10.6. The van der Waals surface area contributed by atoms with E-state index in [1.807, 2.05) is 59.6 Å². The molecule has 0 spiro atoms. The maximum absolute atomic E-state index is 13.2. The lowest BCUT2D eigenvalue weighted by Gasteiger charge is -2.29. The van der Waals surface area contributed by atoms with Gasteiger partial charge < -0.3 is 20.1 Å². The van der Waals surface area contributed by atoms with Gasteiger partial charge in [-0.15, -0.1) is 0 Å². The van der Waals surface area contributed by atoms with Crippen LogP contribution in [0.25, 0.3) is 5.69 Å². The Morgan fingerprint density at radius 2 is 1.83 bits per heavy atom. The molecule has 2 N–H and O–H groups in total. The molecule has 9 heteroatoms. The van der Waals surface area contributed by atoms with Gasteiger partial charge in [-0.2, -0.15) is 0 Å². The van der Waals surface area contributed by atoms with Gasteiger partial charge >= 0.3 is 0 Å². The summed E-state index contributed by atoms with van der Waals surface area (Å²) in [5, 5.41) is 6.82. The van der Waals surface area contributed by atoms with Gasteiger partial charge in [0.25, 0.3) is 0 Å². The second-order valence-electron chi connectivity index (χ2n) is 8.40. The number of carbonyl (C=O) groups excluding carboxylic acids is 1. The standard InChI is InChI=1S/C27H23BrFN5OS/c28-18-6-12-21(13-7-18)33-16-3-5-23(33)26-25(22-4-1-2-15-30-22)32-27(36)34(26)17-14-24(35)31-20-10-8-19(29)9-11-20/h1-13,15-16,25-26H,14,17H2,(H,31,35)(H,32,36)/t25-,26-/m0/s1. The Hall–Kier alpha value is -3.56. The number of rotatable bonds is 7. The number of amides is 1. The minimum Gasteiger partial charge on any atom is -0.352 e. The van der Waals surface area contributed by atoms with Crippen LogP contribution in [-0.2, 0) is 4.79 Å². The van der Waals surface area contributed by atoms with Crippen LogP contribution in [-0.4, -0.2) is 32.0 Å². The molecule has 2 atom stereocenters. The monoisotopic (exact) mass is 563 g/mol. The highest BCUT2D eigenvalue weighted by molar-refractivity contribution is 9.10. The fourth-order valence-electron chi connectivity index (χ4n) is 4.42. The van der Waals surface area contributed by atoms with E-state index in [9.17, 15) is 9.18 Å². The molecule has 182 valence electrons. The fraction of sp³-hybridized carbons (Fsp3) is 0.148. The number of nitrogens with zero attached hydrogens (tertiary/aromatic N) is 3. The number of halogens is 2. The summed E-state index contributed by atoms with van der Waals surface area (Å²) < 4.78 is 16.3. The van der Waals surface area contributed by atoms with E-state index in [4.69, 9.17) is 12.2 Å². The Morgan fingerprint density at radius 1 is 1.06 bits per heavy atom. The summed E-state index contributed by atoms with van der Waals surface area (Å²) >= 11 is 9.24. The van der Waals surface area contributed by atoms with E-state index in [0.717, 1.165) is 21.5 Å². The predicted molar refractivity (Wildman–Crippen MR) is 145 cm³/mol. The molecule has 0 unspecified atom stereocenters. The van der Waals surface area contributed by atoms with Crippen LogP contribution in [0.4, 0.5) is 10.1 Å². The highest BCUT2D eigenvalue weighted by Gasteiger charge is 2.41. The van der Waals surface area contributed by atoms with E-state index in [0.29, 0.717) is 17.3 Å². The molecule has 1 amide bonds. The number of pyridine rings is 1. The summed E-state index contributed by atoms with van der Waals surface area (Å²) in [6.45, 7) is 0.401. The number of hydrogen-bond acceptors (Lipinski definition) is 3. The molecule has 2 aromatic carbocycles. The molecule has 3 heterocycles. The first-order valence-corrected chi connectivity index (χ1v) is 12.7. The Morgan fingerprint density at radius 3 is 2.56 bits per heavy atom. The predicted octanol–water partition coefficient (Wildman–Crippen LogP) is 5.78.